The van der Waals surface area contributed by atoms with Gasteiger partial charge in [0.15, 0.2) is 5.82 Å². The number of benzene rings is 4. The van der Waals surface area contributed by atoms with E-state index in [1.807, 2.05) is 36.4 Å². The van der Waals surface area contributed by atoms with Gasteiger partial charge < -0.3 is 4.74 Å². The lowest BCUT2D eigenvalue weighted by Crippen LogP contribution is -2.20. The van der Waals surface area contributed by atoms with Gasteiger partial charge >= 0.3 is 5.97 Å². The number of hydrogen-bond acceptors (Lipinski definition) is 5. The van der Waals surface area contributed by atoms with Crippen molar-refractivity contribution in [2.45, 2.75) is 0 Å². The normalized spacial score (nSPS) is 11.4. The van der Waals surface area contributed by atoms with Gasteiger partial charge in [-0.15, -0.1) is 0 Å². The van der Waals surface area contributed by atoms with Crippen LogP contribution in [0.4, 0.5) is 0 Å². The molecule has 0 bridgehead atoms. The summed E-state index contributed by atoms with van der Waals surface area (Å²) in [6.45, 7) is 0. The summed E-state index contributed by atoms with van der Waals surface area (Å²) < 4.78 is 7.56. The topological polar surface area (TPSA) is 73.5 Å². The van der Waals surface area contributed by atoms with Gasteiger partial charge in [0, 0.05) is 26.7 Å². The number of rotatable bonds is 6. The third-order valence-electron chi connectivity index (χ3n) is 5.56. The summed E-state index contributed by atoms with van der Waals surface area (Å²) in [5.74, 6) is 0.0904. The van der Waals surface area contributed by atoms with E-state index in [9.17, 15) is 9.59 Å². The van der Waals surface area contributed by atoms with Crippen molar-refractivity contribution in [2.75, 3.05) is 0 Å². The fraction of sp³-hybridized carbons (Fsp3) is 0. The van der Waals surface area contributed by atoms with Crippen molar-refractivity contribution < 1.29 is 9.53 Å². The second-order valence-corrected chi connectivity index (χ2v) is 9.52. The van der Waals surface area contributed by atoms with Crippen LogP contribution in [-0.2, 0) is 4.79 Å². The van der Waals surface area contributed by atoms with E-state index >= 15 is 0 Å². The highest BCUT2D eigenvalue weighted by molar-refractivity contribution is 9.10. The first kappa shape index (κ1) is 25.3. The lowest BCUT2D eigenvalue weighted by molar-refractivity contribution is -0.128. The number of para-hydroxylation sites is 1. The van der Waals surface area contributed by atoms with Gasteiger partial charge in [-0.1, -0.05) is 70.0 Å². The smallest absolute Gasteiger partial charge is 0.336 e. The molecule has 0 saturated carbocycles. The number of carbonyl (C=O) groups is 1. The number of halogens is 2. The Morgan fingerprint density at radius 3 is 2.47 bits per heavy atom. The molecular weight excluding hydrogens is 566 g/mol. The SMILES string of the molecule is O=C(/C=C/c1ccccc1)Oc1ccc(Br)cc1C=Nn1c(-c2ccc(Cl)cc2)nc2ccccc2c1=O. The Labute approximate surface area is 231 Å². The number of hydrogen-bond donors (Lipinski definition) is 0. The standard InChI is InChI=1S/C30H19BrClN3O3/c31-23-13-16-27(38-28(36)17-10-20-6-2-1-3-7-20)22(18-23)19-33-35-29(21-11-14-24(32)15-12-21)34-26-9-5-4-8-25(26)30(35)37/h1-19H/b17-10+,33-19?. The molecule has 0 aliphatic rings. The molecule has 0 fully saturated rings. The quantitative estimate of drug-likeness (QED) is 0.0934. The van der Waals surface area contributed by atoms with E-state index in [1.54, 1.807) is 66.7 Å². The largest absolute Gasteiger partial charge is 0.423 e. The number of nitrogens with zero attached hydrogens (tertiary/aromatic N) is 3. The number of esters is 1. The highest BCUT2D eigenvalue weighted by atomic mass is 79.9. The van der Waals surface area contributed by atoms with Crippen LogP contribution in [-0.4, -0.2) is 21.8 Å². The van der Waals surface area contributed by atoms with E-state index in [2.05, 4.69) is 21.0 Å². The molecule has 0 spiro atoms. The summed E-state index contributed by atoms with van der Waals surface area (Å²) in [4.78, 5) is 30.7. The number of ether oxygens (including phenoxy) is 1. The zero-order valence-corrected chi connectivity index (χ0v) is 22.1. The molecule has 5 aromatic rings. The molecular formula is C30H19BrClN3O3. The first-order chi connectivity index (χ1) is 18.5. The maximum atomic E-state index is 13.4. The van der Waals surface area contributed by atoms with E-state index < -0.39 is 5.97 Å². The van der Waals surface area contributed by atoms with Crippen LogP contribution in [0.5, 0.6) is 5.75 Å². The molecule has 0 N–H and O–H groups in total. The molecule has 0 saturated heterocycles. The summed E-state index contributed by atoms with van der Waals surface area (Å²) in [7, 11) is 0. The Morgan fingerprint density at radius 2 is 1.68 bits per heavy atom. The van der Waals surface area contributed by atoms with Crippen LogP contribution in [0.2, 0.25) is 5.02 Å². The first-order valence-electron chi connectivity index (χ1n) is 11.5. The molecule has 8 heteroatoms. The molecule has 1 heterocycles. The third-order valence-corrected chi connectivity index (χ3v) is 6.31. The van der Waals surface area contributed by atoms with Crippen molar-refractivity contribution in [3.63, 3.8) is 0 Å². The summed E-state index contributed by atoms with van der Waals surface area (Å²) >= 11 is 9.51. The summed E-state index contributed by atoms with van der Waals surface area (Å²) in [6, 6.07) is 28.7. The minimum Gasteiger partial charge on any atom is -0.423 e. The van der Waals surface area contributed by atoms with Gasteiger partial charge in [0.05, 0.1) is 17.1 Å². The van der Waals surface area contributed by atoms with E-state index in [0.29, 0.717) is 32.9 Å². The second-order valence-electron chi connectivity index (χ2n) is 8.17. The highest BCUT2D eigenvalue weighted by Gasteiger charge is 2.13. The molecule has 1 aromatic heterocycles. The molecule has 0 aliphatic heterocycles. The fourth-order valence-corrected chi connectivity index (χ4v) is 4.23. The molecule has 6 nitrogen and oxygen atoms in total. The first-order valence-corrected chi connectivity index (χ1v) is 12.7. The molecule has 38 heavy (non-hydrogen) atoms. The zero-order chi connectivity index (χ0) is 26.5. The monoisotopic (exact) mass is 583 g/mol. The van der Waals surface area contributed by atoms with Crippen LogP contribution < -0.4 is 10.3 Å². The van der Waals surface area contributed by atoms with Crippen molar-refractivity contribution in [3.8, 4) is 17.1 Å². The number of aromatic nitrogens is 2. The van der Waals surface area contributed by atoms with E-state index in [-0.39, 0.29) is 11.3 Å². The number of fused-ring (bicyclic) bond motifs is 1. The predicted octanol–water partition coefficient (Wildman–Crippen LogP) is 6.98. The van der Waals surface area contributed by atoms with Crippen molar-refractivity contribution in [2.24, 2.45) is 5.10 Å². The minimum atomic E-state index is -0.544. The summed E-state index contributed by atoms with van der Waals surface area (Å²) in [6.07, 6.45) is 4.49. The highest BCUT2D eigenvalue weighted by Crippen LogP contribution is 2.24. The van der Waals surface area contributed by atoms with Crippen LogP contribution >= 0.6 is 27.5 Å². The van der Waals surface area contributed by atoms with Gasteiger partial charge in [-0.2, -0.15) is 9.78 Å². The average Bonchev–Trinajstić information content (AvgIpc) is 2.94. The van der Waals surface area contributed by atoms with Gasteiger partial charge in [-0.25, -0.2) is 9.78 Å². The minimum absolute atomic E-state index is 0.287. The van der Waals surface area contributed by atoms with Crippen LogP contribution in [0.15, 0.2) is 118 Å². The van der Waals surface area contributed by atoms with Gasteiger partial charge in [0.2, 0.25) is 0 Å². The average molecular weight is 585 g/mol. The van der Waals surface area contributed by atoms with Gasteiger partial charge in [0.1, 0.15) is 5.75 Å². The van der Waals surface area contributed by atoms with Crippen molar-refractivity contribution in [3.05, 3.63) is 134 Å². The number of carbonyl (C=O) groups excluding carboxylic acids is 1. The van der Waals surface area contributed by atoms with Gasteiger partial charge in [0.25, 0.3) is 5.56 Å². The van der Waals surface area contributed by atoms with E-state index in [1.165, 1.54) is 17.0 Å². The summed E-state index contributed by atoms with van der Waals surface area (Å²) in [5.41, 5.74) is 2.25. The Kier molecular flexibility index (Phi) is 7.58. The molecule has 0 atom stereocenters. The lowest BCUT2D eigenvalue weighted by atomic mass is 10.2. The van der Waals surface area contributed by atoms with Gasteiger partial charge in [-0.05, 0) is 66.2 Å². The Morgan fingerprint density at radius 1 is 0.947 bits per heavy atom. The van der Waals surface area contributed by atoms with Gasteiger partial charge in [-0.3, -0.25) is 4.79 Å². The van der Waals surface area contributed by atoms with Crippen LogP contribution in [0.3, 0.4) is 0 Å². The van der Waals surface area contributed by atoms with Crippen LogP contribution in [0, 0.1) is 0 Å². The third kappa shape index (κ3) is 5.80. The molecule has 0 unspecified atom stereocenters. The Balaban J connectivity index is 1.53. The molecule has 5 rings (SSSR count). The van der Waals surface area contributed by atoms with Crippen molar-refractivity contribution in [1.82, 2.24) is 9.66 Å². The molecule has 0 amide bonds. The maximum absolute atomic E-state index is 13.4. The zero-order valence-electron chi connectivity index (χ0n) is 19.8. The van der Waals surface area contributed by atoms with E-state index in [0.717, 1.165) is 10.0 Å². The maximum Gasteiger partial charge on any atom is 0.336 e. The van der Waals surface area contributed by atoms with Crippen molar-refractivity contribution in [1.29, 1.82) is 0 Å². The van der Waals surface area contributed by atoms with Crippen molar-refractivity contribution >= 4 is 56.7 Å². The molecule has 4 aromatic carbocycles. The van der Waals surface area contributed by atoms with E-state index in [4.69, 9.17) is 21.3 Å². The molecule has 186 valence electrons. The predicted molar refractivity (Wildman–Crippen MR) is 155 cm³/mol. The fourth-order valence-electron chi connectivity index (χ4n) is 3.72. The Bertz CT molecular complexity index is 1750. The second kappa shape index (κ2) is 11.4. The Hall–Kier alpha value is -4.33. The van der Waals surface area contributed by atoms with Crippen LogP contribution in [0.25, 0.3) is 28.4 Å². The molecule has 0 aliphatic carbocycles. The lowest BCUT2D eigenvalue weighted by Gasteiger charge is -2.10. The molecule has 0 radical (unpaired) electrons. The van der Waals surface area contributed by atoms with Crippen LogP contribution in [0.1, 0.15) is 11.1 Å². The summed E-state index contributed by atoms with van der Waals surface area (Å²) in [5, 5.41) is 5.47.